The van der Waals surface area contributed by atoms with Gasteiger partial charge in [0.1, 0.15) is 5.82 Å². The highest BCUT2D eigenvalue weighted by molar-refractivity contribution is 5.69. The standard InChI is InChI=1S/C20H22FNO/c1-15(2)22-13-11-20(23,12-14-22)18-9-5-3-7-16(18)17-8-4-6-10-19(17)21/h3-10,23H,1,11-14H2,2H3. The molecule has 0 amide bonds. The van der Waals surface area contributed by atoms with E-state index in [0.717, 1.165) is 29.9 Å². The van der Waals surface area contributed by atoms with Crippen LogP contribution in [0, 0.1) is 5.82 Å². The van der Waals surface area contributed by atoms with Crippen LogP contribution in [0.5, 0.6) is 0 Å². The summed E-state index contributed by atoms with van der Waals surface area (Å²) in [6.07, 6.45) is 1.23. The molecular formula is C20H22FNO. The first kappa shape index (κ1) is 15.8. The summed E-state index contributed by atoms with van der Waals surface area (Å²) in [7, 11) is 0. The fraction of sp³-hybridized carbons (Fsp3) is 0.300. The number of hydrogen-bond donors (Lipinski definition) is 1. The quantitative estimate of drug-likeness (QED) is 0.913. The zero-order valence-electron chi connectivity index (χ0n) is 13.4. The van der Waals surface area contributed by atoms with Crippen LogP contribution in [0.3, 0.4) is 0 Å². The van der Waals surface area contributed by atoms with Crippen molar-refractivity contribution in [3.8, 4) is 11.1 Å². The normalized spacial score (nSPS) is 17.1. The summed E-state index contributed by atoms with van der Waals surface area (Å²) < 4.78 is 14.2. The Morgan fingerprint density at radius 2 is 1.61 bits per heavy atom. The Balaban J connectivity index is 1.98. The van der Waals surface area contributed by atoms with Crippen molar-refractivity contribution in [3.63, 3.8) is 0 Å². The first-order chi connectivity index (χ1) is 11.0. The number of benzene rings is 2. The monoisotopic (exact) mass is 311 g/mol. The molecule has 0 saturated carbocycles. The minimum absolute atomic E-state index is 0.261. The number of nitrogens with zero attached hydrogens (tertiary/aromatic N) is 1. The van der Waals surface area contributed by atoms with E-state index in [9.17, 15) is 9.50 Å². The van der Waals surface area contributed by atoms with Gasteiger partial charge in [-0.3, -0.25) is 0 Å². The van der Waals surface area contributed by atoms with E-state index in [2.05, 4.69) is 11.5 Å². The Morgan fingerprint density at radius 1 is 1.04 bits per heavy atom. The summed E-state index contributed by atoms with van der Waals surface area (Å²) in [5.74, 6) is -0.261. The second-order valence-corrected chi connectivity index (χ2v) is 6.28. The lowest BCUT2D eigenvalue weighted by molar-refractivity contribution is -0.0179. The molecule has 0 atom stereocenters. The first-order valence-corrected chi connectivity index (χ1v) is 7.98. The first-order valence-electron chi connectivity index (χ1n) is 7.98. The Labute approximate surface area is 136 Å². The molecule has 0 bridgehead atoms. The number of aliphatic hydroxyl groups is 1. The van der Waals surface area contributed by atoms with Gasteiger partial charge in [0.05, 0.1) is 5.60 Å². The Morgan fingerprint density at radius 3 is 2.22 bits per heavy atom. The van der Waals surface area contributed by atoms with Crippen LogP contribution in [0.1, 0.15) is 25.3 Å². The number of hydrogen-bond acceptors (Lipinski definition) is 2. The molecule has 1 N–H and O–H groups in total. The Bertz CT molecular complexity index is 717. The number of rotatable bonds is 3. The average molecular weight is 311 g/mol. The second-order valence-electron chi connectivity index (χ2n) is 6.28. The van der Waals surface area contributed by atoms with Crippen LogP contribution in [-0.4, -0.2) is 23.1 Å². The predicted octanol–water partition coefficient (Wildman–Crippen LogP) is 4.31. The van der Waals surface area contributed by atoms with Crippen molar-refractivity contribution >= 4 is 0 Å². The van der Waals surface area contributed by atoms with Gasteiger partial charge < -0.3 is 10.0 Å². The molecule has 3 heteroatoms. The summed E-state index contributed by atoms with van der Waals surface area (Å²) in [6.45, 7) is 7.48. The van der Waals surface area contributed by atoms with Crippen molar-refractivity contribution < 1.29 is 9.50 Å². The third kappa shape index (κ3) is 3.02. The smallest absolute Gasteiger partial charge is 0.131 e. The molecule has 1 saturated heterocycles. The molecule has 3 rings (SSSR count). The van der Waals surface area contributed by atoms with Crippen molar-refractivity contribution in [3.05, 3.63) is 72.2 Å². The van der Waals surface area contributed by atoms with Gasteiger partial charge in [-0.25, -0.2) is 4.39 Å². The summed E-state index contributed by atoms with van der Waals surface area (Å²) in [5, 5.41) is 11.2. The molecule has 2 aromatic carbocycles. The molecule has 2 nitrogen and oxygen atoms in total. The molecular weight excluding hydrogens is 289 g/mol. The third-order valence-electron chi connectivity index (χ3n) is 4.72. The minimum atomic E-state index is -0.926. The highest BCUT2D eigenvalue weighted by Crippen LogP contribution is 2.39. The van der Waals surface area contributed by atoms with Crippen LogP contribution in [0.15, 0.2) is 60.8 Å². The van der Waals surface area contributed by atoms with E-state index in [-0.39, 0.29) is 5.82 Å². The molecule has 120 valence electrons. The molecule has 23 heavy (non-hydrogen) atoms. The van der Waals surface area contributed by atoms with E-state index in [4.69, 9.17) is 0 Å². The summed E-state index contributed by atoms with van der Waals surface area (Å²) in [5.41, 5.74) is 2.22. The second kappa shape index (κ2) is 6.17. The van der Waals surface area contributed by atoms with Crippen LogP contribution in [0.4, 0.5) is 4.39 Å². The predicted molar refractivity (Wildman–Crippen MR) is 91.4 cm³/mol. The molecule has 1 aliphatic rings. The van der Waals surface area contributed by atoms with Gasteiger partial charge in [0.25, 0.3) is 0 Å². The van der Waals surface area contributed by atoms with Crippen LogP contribution in [-0.2, 0) is 5.60 Å². The maximum atomic E-state index is 14.2. The zero-order chi connectivity index (χ0) is 16.4. The van der Waals surface area contributed by atoms with E-state index in [1.54, 1.807) is 12.1 Å². The molecule has 0 radical (unpaired) electrons. The molecule has 0 aliphatic carbocycles. The molecule has 0 aromatic heterocycles. The van der Waals surface area contributed by atoms with Gasteiger partial charge >= 0.3 is 0 Å². The fourth-order valence-electron chi connectivity index (χ4n) is 3.33. The lowest BCUT2D eigenvalue weighted by atomic mass is 9.80. The average Bonchev–Trinajstić information content (AvgIpc) is 2.56. The largest absolute Gasteiger partial charge is 0.385 e. The van der Waals surface area contributed by atoms with E-state index in [0.29, 0.717) is 18.4 Å². The maximum Gasteiger partial charge on any atom is 0.131 e. The SMILES string of the molecule is C=C(C)N1CCC(O)(c2ccccc2-c2ccccc2F)CC1. The number of piperidine rings is 1. The molecule has 2 aromatic rings. The Kier molecular flexibility index (Phi) is 4.22. The fourth-order valence-corrected chi connectivity index (χ4v) is 3.33. The topological polar surface area (TPSA) is 23.5 Å². The molecule has 1 heterocycles. The summed E-state index contributed by atoms with van der Waals surface area (Å²) in [4.78, 5) is 2.18. The molecule has 0 spiro atoms. The molecule has 0 unspecified atom stereocenters. The van der Waals surface area contributed by atoms with Crippen LogP contribution in [0.2, 0.25) is 0 Å². The van der Waals surface area contributed by atoms with Crippen molar-refractivity contribution in [2.75, 3.05) is 13.1 Å². The number of allylic oxidation sites excluding steroid dienone is 1. The van der Waals surface area contributed by atoms with Gasteiger partial charge in [-0.05, 0) is 37.0 Å². The van der Waals surface area contributed by atoms with E-state index >= 15 is 0 Å². The van der Waals surface area contributed by atoms with Gasteiger partial charge in [0.2, 0.25) is 0 Å². The highest BCUT2D eigenvalue weighted by atomic mass is 19.1. The lowest BCUT2D eigenvalue weighted by Gasteiger charge is -2.40. The summed E-state index contributed by atoms with van der Waals surface area (Å²) in [6, 6.07) is 14.3. The lowest BCUT2D eigenvalue weighted by Crippen LogP contribution is -2.41. The van der Waals surface area contributed by atoms with Gasteiger partial charge in [-0.15, -0.1) is 0 Å². The van der Waals surface area contributed by atoms with Crippen LogP contribution < -0.4 is 0 Å². The van der Waals surface area contributed by atoms with Crippen molar-refractivity contribution in [1.82, 2.24) is 4.90 Å². The van der Waals surface area contributed by atoms with Gasteiger partial charge in [0.15, 0.2) is 0 Å². The minimum Gasteiger partial charge on any atom is -0.385 e. The number of halogens is 1. The van der Waals surface area contributed by atoms with Gasteiger partial charge in [-0.2, -0.15) is 0 Å². The summed E-state index contributed by atoms with van der Waals surface area (Å²) >= 11 is 0. The van der Waals surface area contributed by atoms with E-state index in [1.807, 2.05) is 37.3 Å². The Hall–Kier alpha value is -2.13. The van der Waals surface area contributed by atoms with Crippen LogP contribution >= 0.6 is 0 Å². The molecule has 1 fully saturated rings. The highest BCUT2D eigenvalue weighted by Gasteiger charge is 2.35. The zero-order valence-corrected chi connectivity index (χ0v) is 13.4. The number of likely N-dealkylation sites (tertiary alicyclic amines) is 1. The maximum absolute atomic E-state index is 14.2. The van der Waals surface area contributed by atoms with E-state index < -0.39 is 5.60 Å². The van der Waals surface area contributed by atoms with Crippen molar-refractivity contribution in [1.29, 1.82) is 0 Å². The van der Waals surface area contributed by atoms with E-state index in [1.165, 1.54) is 6.07 Å². The van der Waals surface area contributed by atoms with Gasteiger partial charge in [-0.1, -0.05) is 49.0 Å². The molecule has 1 aliphatic heterocycles. The van der Waals surface area contributed by atoms with Crippen molar-refractivity contribution in [2.24, 2.45) is 0 Å². The van der Waals surface area contributed by atoms with Crippen LogP contribution in [0.25, 0.3) is 11.1 Å². The van der Waals surface area contributed by atoms with Crippen molar-refractivity contribution in [2.45, 2.75) is 25.4 Å². The van der Waals surface area contributed by atoms with Gasteiger partial charge in [0, 0.05) is 24.4 Å². The third-order valence-corrected chi connectivity index (χ3v) is 4.72.